The minimum Gasteiger partial charge on any atom is -0.479 e. The zero-order chi connectivity index (χ0) is 32.6. The Balaban J connectivity index is 1.83. The molecule has 3 unspecified atom stereocenters. The van der Waals surface area contributed by atoms with Gasteiger partial charge in [-0.25, -0.2) is 9.59 Å². The van der Waals surface area contributed by atoms with E-state index in [9.17, 15) is 44.7 Å². The van der Waals surface area contributed by atoms with Crippen LogP contribution >= 0.6 is 11.8 Å². The van der Waals surface area contributed by atoms with Gasteiger partial charge in [0.15, 0.2) is 0 Å². The van der Waals surface area contributed by atoms with E-state index in [1.54, 1.807) is 11.8 Å². The quantitative estimate of drug-likeness (QED) is 0.0740. The Morgan fingerprint density at radius 3 is 2.35 bits per heavy atom. The Hall–Kier alpha value is -2.17. The largest absolute Gasteiger partial charge is 0.479 e. The van der Waals surface area contributed by atoms with Crippen molar-refractivity contribution in [2.45, 2.75) is 119 Å². The molecule has 3 rings (SSSR count). The Kier molecular flexibility index (Phi) is 10.1. The summed E-state index contributed by atoms with van der Waals surface area (Å²) in [5.74, 6) is -2.12. The molecule has 0 aromatic heterocycles. The van der Waals surface area contributed by atoms with E-state index < -0.39 is 77.4 Å². The molecule has 3 aliphatic rings. The van der Waals surface area contributed by atoms with Crippen LogP contribution in [-0.4, -0.2) is 120 Å². The summed E-state index contributed by atoms with van der Waals surface area (Å²) in [6, 6.07) is -0.0422. The van der Waals surface area contributed by atoms with Crippen molar-refractivity contribution in [1.82, 2.24) is 16.0 Å². The second kappa shape index (κ2) is 12.3. The molecule has 15 heteroatoms. The average Bonchev–Trinajstić information content (AvgIpc) is 3.46. The molecule has 3 saturated heterocycles. The fourth-order valence-corrected chi connectivity index (χ4v) is 8.51. The van der Waals surface area contributed by atoms with Gasteiger partial charge < -0.3 is 51.0 Å². The average molecular weight is 634 g/mol. The number of fused-ring (bicyclic) bond motifs is 1. The van der Waals surface area contributed by atoms with Crippen LogP contribution in [0.15, 0.2) is 0 Å². The number of aliphatic hydroxyl groups is 4. The number of rotatable bonds is 13. The van der Waals surface area contributed by atoms with Crippen molar-refractivity contribution in [3.63, 3.8) is 0 Å². The third-order valence-corrected chi connectivity index (χ3v) is 12.0. The summed E-state index contributed by atoms with van der Waals surface area (Å²) >= 11 is 1.76. The molecule has 3 fully saturated rings. The van der Waals surface area contributed by atoms with Gasteiger partial charge in [-0.05, 0) is 33.6 Å². The first-order valence-electron chi connectivity index (χ1n) is 14.5. The molecule has 14 nitrogen and oxygen atoms in total. The number of hydrogen-bond acceptors (Lipinski definition) is 11. The summed E-state index contributed by atoms with van der Waals surface area (Å²) in [6.07, 6.45) is 1.38. The summed E-state index contributed by atoms with van der Waals surface area (Å²) < 4.78 is 11.7. The predicted octanol–water partition coefficient (Wildman–Crippen LogP) is -0.354. The van der Waals surface area contributed by atoms with Gasteiger partial charge in [0.1, 0.15) is 17.8 Å². The van der Waals surface area contributed by atoms with E-state index in [-0.39, 0.29) is 29.8 Å². The van der Waals surface area contributed by atoms with Gasteiger partial charge in [-0.1, -0.05) is 20.3 Å². The maximum absolute atomic E-state index is 13.1. The Bertz CT molecular complexity index is 1110. The van der Waals surface area contributed by atoms with Crippen molar-refractivity contribution in [2.75, 3.05) is 25.6 Å². The number of amides is 3. The minimum absolute atomic E-state index is 0.0193. The van der Waals surface area contributed by atoms with Crippen molar-refractivity contribution >= 4 is 35.6 Å². The van der Waals surface area contributed by atoms with Crippen LogP contribution in [0.4, 0.5) is 4.79 Å². The minimum atomic E-state index is -2.47. The predicted molar refractivity (Wildman–Crippen MR) is 155 cm³/mol. The van der Waals surface area contributed by atoms with Gasteiger partial charge in [0.25, 0.3) is 0 Å². The molecule has 0 saturated carbocycles. The monoisotopic (exact) mass is 633 g/mol. The molecule has 0 aromatic carbocycles. The van der Waals surface area contributed by atoms with E-state index in [2.05, 4.69) is 16.0 Å². The summed E-state index contributed by atoms with van der Waals surface area (Å²) in [4.78, 5) is 49.9. The van der Waals surface area contributed by atoms with E-state index in [1.807, 2.05) is 0 Å². The van der Waals surface area contributed by atoms with Crippen molar-refractivity contribution in [3.8, 4) is 0 Å². The normalized spacial score (nSPS) is 37.9. The number of hydrogen-bond donors (Lipinski definition) is 8. The number of aliphatic carboxylic acids is 1. The molecule has 0 aliphatic carbocycles. The molecule has 3 amide bonds. The van der Waals surface area contributed by atoms with E-state index in [4.69, 9.17) is 9.47 Å². The number of carbonyl (C=O) groups is 4. The fourth-order valence-electron chi connectivity index (χ4n) is 6.96. The second-order valence-corrected chi connectivity index (χ2v) is 14.2. The SMILES string of the molecule is CC(=O)N[C@@]1(C)C(C)(C(O)(CO)CCO)O[C@@](COC(=O)CCCCC2SC[C@@H]3NC(=O)N[C@H]23)(C(=O)O)C(C)(C)[C@@]1(C)O. The van der Waals surface area contributed by atoms with Crippen LogP contribution in [0.5, 0.6) is 0 Å². The Morgan fingerprint density at radius 2 is 1.79 bits per heavy atom. The maximum atomic E-state index is 13.1. The van der Waals surface area contributed by atoms with Gasteiger partial charge in [0, 0.05) is 42.8 Å². The number of ether oxygens (including phenoxy) is 2. The van der Waals surface area contributed by atoms with Gasteiger partial charge in [-0.15, -0.1) is 0 Å². The van der Waals surface area contributed by atoms with Crippen LogP contribution < -0.4 is 16.0 Å². The highest BCUT2D eigenvalue weighted by Crippen LogP contribution is 2.61. The molecule has 43 heavy (non-hydrogen) atoms. The maximum Gasteiger partial charge on any atom is 0.340 e. The summed E-state index contributed by atoms with van der Waals surface area (Å²) in [6.45, 7) is 5.33. The highest BCUT2D eigenvalue weighted by atomic mass is 32.2. The molecule has 246 valence electrons. The first kappa shape index (κ1) is 35.3. The topological polar surface area (TPSA) is 224 Å². The fraction of sp³-hybridized carbons (Fsp3) is 0.857. The molecule has 0 spiro atoms. The van der Waals surface area contributed by atoms with E-state index in [0.29, 0.717) is 12.8 Å². The van der Waals surface area contributed by atoms with Gasteiger partial charge in [0.2, 0.25) is 11.5 Å². The van der Waals surface area contributed by atoms with Crippen LogP contribution in [0.25, 0.3) is 0 Å². The van der Waals surface area contributed by atoms with Gasteiger partial charge in [-0.2, -0.15) is 11.8 Å². The number of carboxylic acid groups (broad SMARTS) is 1. The third-order valence-electron chi connectivity index (χ3n) is 10.5. The second-order valence-electron chi connectivity index (χ2n) is 13.0. The number of aliphatic hydroxyl groups excluding tert-OH is 2. The highest BCUT2D eigenvalue weighted by Gasteiger charge is 2.80. The number of carbonyl (C=O) groups excluding carboxylic acids is 3. The molecule has 8 N–H and O–H groups in total. The zero-order valence-corrected chi connectivity index (χ0v) is 26.5. The third kappa shape index (κ3) is 5.61. The summed E-state index contributed by atoms with van der Waals surface area (Å²) in [5, 5.41) is 63.0. The number of urea groups is 1. The van der Waals surface area contributed by atoms with Gasteiger partial charge in [0.05, 0.1) is 29.8 Å². The van der Waals surface area contributed by atoms with Crippen LogP contribution in [0.1, 0.15) is 73.6 Å². The Labute approximate surface area is 255 Å². The smallest absolute Gasteiger partial charge is 0.340 e. The summed E-state index contributed by atoms with van der Waals surface area (Å²) in [7, 11) is 0. The number of carboxylic acids is 1. The van der Waals surface area contributed by atoms with Crippen LogP contribution in [0.2, 0.25) is 0 Å². The molecule has 3 heterocycles. The van der Waals surface area contributed by atoms with E-state index in [0.717, 1.165) is 12.2 Å². The lowest BCUT2D eigenvalue weighted by molar-refractivity contribution is -0.378. The molecular weight excluding hydrogens is 586 g/mol. The first-order chi connectivity index (χ1) is 19.8. The number of thioether (sulfide) groups is 1. The number of unbranched alkanes of at least 4 members (excludes halogenated alkanes) is 1. The lowest BCUT2D eigenvalue weighted by atomic mass is 9.48. The lowest BCUT2D eigenvalue weighted by Gasteiger charge is -2.70. The van der Waals surface area contributed by atoms with E-state index in [1.165, 1.54) is 41.5 Å². The van der Waals surface area contributed by atoms with Crippen LogP contribution in [0, 0.1) is 5.41 Å². The summed E-state index contributed by atoms with van der Waals surface area (Å²) in [5.41, 5.74) is -13.0. The van der Waals surface area contributed by atoms with Crippen molar-refractivity contribution in [1.29, 1.82) is 0 Å². The molecule has 0 radical (unpaired) electrons. The van der Waals surface area contributed by atoms with Crippen molar-refractivity contribution in [2.24, 2.45) is 5.41 Å². The van der Waals surface area contributed by atoms with Crippen molar-refractivity contribution < 1.29 is 54.2 Å². The first-order valence-corrected chi connectivity index (χ1v) is 15.6. The van der Waals surface area contributed by atoms with Crippen molar-refractivity contribution in [3.05, 3.63) is 0 Å². The molecule has 8 atom stereocenters. The molecular formula is C28H47N3O11S. The van der Waals surface area contributed by atoms with Gasteiger partial charge >= 0.3 is 18.0 Å². The zero-order valence-electron chi connectivity index (χ0n) is 25.7. The standard InChI is InChI=1S/C28H47N3O11S/c1-16(34)31-24(4)25(5,39)23(2,3)28(21(36)37,42-26(24,6)27(40,14-33)11-12-32)15-41-19(35)10-8-7-9-18-20-17(13-43-18)29-22(38)30-20/h17-18,20,32-33,39-40H,7-15H2,1-6H3,(H,31,34)(H,36,37)(H2,29,30,38)/t17-,18?,20-,24+,25+,26?,27?,28-/m0/s1. The number of nitrogens with one attached hydrogen (secondary N) is 3. The van der Waals surface area contributed by atoms with Crippen LogP contribution in [0.3, 0.4) is 0 Å². The molecule has 0 bridgehead atoms. The van der Waals surface area contributed by atoms with E-state index >= 15 is 0 Å². The highest BCUT2D eigenvalue weighted by molar-refractivity contribution is 8.00. The number of esters is 1. The molecule has 0 aromatic rings. The van der Waals surface area contributed by atoms with Gasteiger partial charge in [-0.3, -0.25) is 9.59 Å². The van der Waals surface area contributed by atoms with Crippen LogP contribution in [-0.2, 0) is 23.9 Å². The lowest BCUT2D eigenvalue weighted by Crippen LogP contribution is -2.90. The molecule has 3 aliphatic heterocycles. The Morgan fingerprint density at radius 1 is 1.14 bits per heavy atom.